The minimum Gasteiger partial charge on any atom is -0.497 e. The van der Waals surface area contributed by atoms with Gasteiger partial charge in [0.2, 0.25) is 5.91 Å². The summed E-state index contributed by atoms with van der Waals surface area (Å²) < 4.78 is 5.12. The molecule has 0 saturated carbocycles. The number of pyridine rings is 1. The molecular weight excluding hydrogens is 328 g/mol. The Kier molecular flexibility index (Phi) is 5.37. The molecule has 0 radical (unpaired) electrons. The van der Waals surface area contributed by atoms with Crippen LogP contribution >= 0.6 is 0 Å². The number of carbonyl (C=O) groups is 1. The van der Waals surface area contributed by atoms with Crippen LogP contribution in [0.25, 0.3) is 10.9 Å². The first-order valence-corrected chi connectivity index (χ1v) is 8.57. The molecule has 134 valence electrons. The number of aromatic amines is 1. The fourth-order valence-electron chi connectivity index (χ4n) is 2.80. The van der Waals surface area contributed by atoms with Crippen LogP contribution < -0.4 is 15.6 Å². The summed E-state index contributed by atoms with van der Waals surface area (Å²) in [7, 11) is 1.63. The van der Waals surface area contributed by atoms with E-state index in [1.165, 1.54) is 0 Å². The average Bonchev–Trinajstić information content (AvgIpc) is 2.66. The van der Waals surface area contributed by atoms with E-state index in [9.17, 15) is 9.59 Å². The second-order valence-electron chi connectivity index (χ2n) is 6.33. The number of hydrogen-bond donors (Lipinski definition) is 2. The van der Waals surface area contributed by atoms with Gasteiger partial charge in [-0.25, -0.2) is 0 Å². The van der Waals surface area contributed by atoms with Gasteiger partial charge in [0.15, 0.2) is 0 Å². The largest absolute Gasteiger partial charge is 0.497 e. The number of methoxy groups -OCH3 is 1. The van der Waals surface area contributed by atoms with Gasteiger partial charge in [-0.1, -0.05) is 24.3 Å². The van der Waals surface area contributed by atoms with Crippen LogP contribution in [-0.4, -0.2) is 18.0 Å². The minimum atomic E-state index is -0.0770. The van der Waals surface area contributed by atoms with E-state index in [1.807, 2.05) is 48.5 Å². The number of nitrogens with one attached hydrogen (secondary N) is 2. The zero-order chi connectivity index (χ0) is 18.5. The van der Waals surface area contributed by atoms with Gasteiger partial charge in [0.05, 0.1) is 7.11 Å². The lowest BCUT2D eigenvalue weighted by atomic mass is 10.1. The highest BCUT2D eigenvalue weighted by Gasteiger charge is 2.05. The molecule has 3 aromatic rings. The number of aryl methyl sites for hydroxylation is 2. The van der Waals surface area contributed by atoms with E-state index in [-0.39, 0.29) is 11.5 Å². The molecule has 0 bridgehead atoms. The lowest BCUT2D eigenvalue weighted by Crippen LogP contribution is -2.22. The second-order valence-corrected chi connectivity index (χ2v) is 6.33. The number of rotatable bonds is 6. The molecule has 3 rings (SSSR count). The molecule has 0 aliphatic carbocycles. The van der Waals surface area contributed by atoms with E-state index in [0.29, 0.717) is 24.9 Å². The van der Waals surface area contributed by atoms with E-state index >= 15 is 0 Å². The number of carbonyl (C=O) groups excluding carboxylic acids is 1. The molecular formula is C21H22N2O3. The third-order valence-corrected chi connectivity index (χ3v) is 4.39. The number of hydrogen-bond acceptors (Lipinski definition) is 3. The maximum atomic E-state index is 12.1. The fourth-order valence-corrected chi connectivity index (χ4v) is 2.80. The first-order valence-electron chi connectivity index (χ1n) is 8.57. The first kappa shape index (κ1) is 17.7. The lowest BCUT2D eigenvalue weighted by molar-refractivity contribution is -0.121. The van der Waals surface area contributed by atoms with Crippen molar-refractivity contribution in [2.75, 3.05) is 7.11 Å². The van der Waals surface area contributed by atoms with Gasteiger partial charge in [-0.05, 0) is 54.1 Å². The van der Waals surface area contributed by atoms with Gasteiger partial charge in [0.25, 0.3) is 5.56 Å². The number of H-pyrrole nitrogens is 1. The molecule has 26 heavy (non-hydrogen) atoms. The predicted octanol–water partition coefficient (Wildman–Crippen LogP) is 3.09. The molecule has 0 aliphatic heterocycles. The average molecular weight is 350 g/mol. The van der Waals surface area contributed by atoms with Crippen LogP contribution in [0.15, 0.2) is 53.3 Å². The molecule has 2 N–H and O–H groups in total. The molecule has 1 amide bonds. The standard InChI is InChI=1S/C21H22N2O3/c1-14-11-17-7-3-15(12-19(17)23-21(14)25)6-10-20(24)22-13-16-4-8-18(26-2)9-5-16/h3-5,7-9,11-12H,6,10,13H2,1-2H3,(H,22,24)(H,23,25). The van der Waals surface area contributed by atoms with Gasteiger partial charge in [0, 0.05) is 24.0 Å². The smallest absolute Gasteiger partial charge is 0.251 e. The quantitative estimate of drug-likeness (QED) is 0.718. The van der Waals surface area contributed by atoms with Gasteiger partial charge in [-0.15, -0.1) is 0 Å². The molecule has 1 aromatic heterocycles. The SMILES string of the molecule is COc1ccc(CNC(=O)CCc2ccc3cc(C)c(=O)[nH]c3c2)cc1. The molecule has 5 heteroatoms. The zero-order valence-corrected chi connectivity index (χ0v) is 15.0. The molecule has 0 unspecified atom stereocenters. The Balaban J connectivity index is 1.56. The van der Waals surface area contributed by atoms with Crippen molar-refractivity contribution in [3.63, 3.8) is 0 Å². The van der Waals surface area contributed by atoms with Crippen molar-refractivity contribution >= 4 is 16.8 Å². The number of ether oxygens (including phenoxy) is 1. The molecule has 0 aliphatic rings. The number of aromatic nitrogens is 1. The van der Waals surface area contributed by atoms with E-state index in [2.05, 4.69) is 10.3 Å². The molecule has 5 nitrogen and oxygen atoms in total. The fraction of sp³-hybridized carbons (Fsp3) is 0.238. The van der Waals surface area contributed by atoms with E-state index in [0.717, 1.165) is 27.8 Å². The summed E-state index contributed by atoms with van der Waals surface area (Å²) in [6.45, 7) is 2.28. The summed E-state index contributed by atoms with van der Waals surface area (Å²) >= 11 is 0. The maximum Gasteiger partial charge on any atom is 0.251 e. The van der Waals surface area contributed by atoms with Crippen LogP contribution in [0.1, 0.15) is 23.1 Å². The van der Waals surface area contributed by atoms with Crippen LogP contribution in [0.4, 0.5) is 0 Å². The maximum absolute atomic E-state index is 12.1. The summed E-state index contributed by atoms with van der Waals surface area (Å²) in [5, 5.41) is 3.92. The van der Waals surface area contributed by atoms with Crippen LogP contribution in [0.5, 0.6) is 5.75 Å². The normalized spacial score (nSPS) is 10.7. The van der Waals surface area contributed by atoms with Crippen molar-refractivity contribution < 1.29 is 9.53 Å². The minimum absolute atomic E-state index is 0.00156. The predicted molar refractivity (Wildman–Crippen MR) is 102 cm³/mol. The van der Waals surface area contributed by atoms with Crippen molar-refractivity contribution in [1.82, 2.24) is 10.3 Å². The second kappa shape index (κ2) is 7.87. The topological polar surface area (TPSA) is 71.2 Å². The molecule has 0 atom stereocenters. The van der Waals surface area contributed by atoms with Crippen molar-refractivity contribution in [2.45, 2.75) is 26.3 Å². The van der Waals surface area contributed by atoms with Crippen molar-refractivity contribution in [3.05, 3.63) is 75.6 Å². The van der Waals surface area contributed by atoms with E-state index < -0.39 is 0 Å². The van der Waals surface area contributed by atoms with E-state index in [1.54, 1.807) is 14.0 Å². The lowest BCUT2D eigenvalue weighted by Gasteiger charge is -2.07. The Bertz CT molecular complexity index is 975. The monoisotopic (exact) mass is 350 g/mol. The summed E-state index contributed by atoms with van der Waals surface area (Å²) in [4.78, 5) is 26.7. The van der Waals surface area contributed by atoms with Crippen LogP contribution in [0.2, 0.25) is 0 Å². The van der Waals surface area contributed by atoms with Gasteiger partial charge < -0.3 is 15.0 Å². The number of fused-ring (bicyclic) bond motifs is 1. The highest BCUT2D eigenvalue weighted by atomic mass is 16.5. The van der Waals surface area contributed by atoms with Gasteiger partial charge in [-0.3, -0.25) is 9.59 Å². The number of benzene rings is 2. The highest BCUT2D eigenvalue weighted by Crippen LogP contribution is 2.15. The van der Waals surface area contributed by atoms with Crippen LogP contribution in [0, 0.1) is 6.92 Å². The van der Waals surface area contributed by atoms with Gasteiger partial charge in [0.1, 0.15) is 5.75 Å². The zero-order valence-electron chi connectivity index (χ0n) is 15.0. The first-order chi connectivity index (χ1) is 12.5. The Hall–Kier alpha value is -3.08. The van der Waals surface area contributed by atoms with Crippen LogP contribution in [0.3, 0.4) is 0 Å². The van der Waals surface area contributed by atoms with E-state index in [4.69, 9.17) is 4.74 Å². The third-order valence-electron chi connectivity index (χ3n) is 4.39. The Morgan fingerprint density at radius 3 is 2.54 bits per heavy atom. The number of amides is 1. The Morgan fingerprint density at radius 1 is 1.08 bits per heavy atom. The summed E-state index contributed by atoms with van der Waals surface area (Å²) in [6.07, 6.45) is 1.03. The van der Waals surface area contributed by atoms with Gasteiger partial charge >= 0.3 is 0 Å². The molecule has 0 saturated heterocycles. The van der Waals surface area contributed by atoms with Crippen LogP contribution in [-0.2, 0) is 17.8 Å². The molecule has 1 heterocycles. The summed E-state index contributed by atoms with van der Waals surface area (Å²) in [5.74, 6) is 0.794. The van der Waals surface area contributed by atoms with Crippen molar-refractivity contribution in [3.8, 4) is 5.75 Å². The summed E-state index contributed by atoms with van der Waals surface area (Å²) in [6, 6.07) is 15.4. The van der Waals surface area contributed by atoms with Crippen molar-refractivity contribution in [1.29, 1.82) is 0 Å². The van der Waals surface area contributed by atoms with Crippen molar-refractivity contribution in [2.24, 2.45) is 0 Å². The summed E-state index contributed by atoms with van der Waals surface area (Å²) in [5.41, 5.74) is 3.47. The molecule has 0 spiro atoms. The van der Waals surface area contributed by atoms with Gasteiger partial charge in [-0.2, -0.15) is 0 Å². The Labute approximate surface area is 152 Å². The molecule has 0 fully saturated rings. The third kappa shape index (κ3) is 4.30. The Morgan fingerprint density at radius 2 is 1.81 bits per heavy atom. The highest BCUT2D eigenvalue weighted by molar-refractivity contribution is 5.80. The molecule has 2 aromatic carbocycles.